The van der Waals surface area contributed by atoms with Gasteiger partial charge in [0.25, 0.3) is 11.8 Å². The smallest absolute Gasteiger partial charge is 0.416 e. The Balaban J connectivity index is 1.22. The van der Waals surface area contributed by atoms with Gasteiger partial charge in [-0.25, -0.2) is 0 Å². The monoisotopic (exact) mass is 715 g/mol. The fraction of sp³-hybridized carbons (Fsp3) is 0.0789. The summed E-state index contributed by atoms with van der Waals surface area (Å²) in [5.41, 5.74) is 1.39. The molecular weight excluding hydrogens is 687 g/mol. The summed E-state index contributed by atoms with van der Waals surface area (Å²) in [6.45, 7) is 0.399. The summed E-state index contributed by atoms with van der Waals surface area (Å²) in [5.74, 6) is -1.05. The molecule has 0 aliphatic carbocycles. The van der Waals surface area contributed by atoms with Gasteiger partial charge >= 0.3 is 6.18 Å². The molecule has 0 spiro atoms. The Bertz CT molecular complexity index is 1970. The van der Waals surface area contributed by atoms with Crippen molar-refractivity contribution in [2.45, 2.75) is 17.7 Å². The molecule has 5 aromatic rings. The second kappa shape index (κ2) is 16.7. The van der Waals surface area contributed by atoms with Crippen molar-refractivity contribution >= 4 is 58.5 Å². The highest BCUT2D eigenvalue weighted by atomic mass is 35.5. The molecule has 0 aliphatic rings. The lowest BCUT2D eigenvalue weighted by Gasteiger charge is -2.13. The lowest BCUT2D eigenvalue weighted by Crippen LogP contribution is -2.30. The van der Waals surface area contributed by atoms with E-state index in [1.165, 1.54) is 0 Å². The van der Waals surface area contributed by atoms with Crippen LogP contribution < -0.4 is 20.7 Å². The van der Waals surface area contributed by atoms with E-state index in [2.05, 4.69) is 16.0 Å². The number of alkyl halides is 3. The van der Waals surface area contributed by atoms with Crippen molar-refractivity contribution in [1.29, 1.82) is 0 Å². The molecule has 5 rings (SSSR count). The second-order valence-corrected chi connectivity index (χ2v) is 12.2. The Morgan fingerprint density at radius 2 is 1.44 bits per heavy atom. The first-order chi connectivity index (χ1) is 24.0. The van der Waals surface area contributed by atoms with Crippen LogP contribution in [0.1, 0.15) is 27.0 Å². The van der Waals surface area contributed by atoms with E-state index < -0.39 is 29.5 Å². The van der Waals surface area contributed by atoms with Crippen molar-refractivity contribution in [2.24, 2.45) is 0 Å². The van der Waals surface area contributed by atoms with Crippen LogP contribution in [0, 0.1) is 0 Å². The first-order valence-corrected chi connectivity index (χ1v) is 16.5. The molecule has 254 valence electrons. The van der Waals surface area contributed by atoms with E-state index in [0.717, 1.165) is 35.5 Å². The van der Waals surface area contributed by atoms with E-state index in [9.17, 15) is 27.6 Å². The topological polar surface area (TPSA) is 96.5 Å². The van der Waals surface area contributed by atoms with Gasteiger partial charge in [0.15, 0.2) is 0 Å². The molecule has 0 aromatic heterocycles. The minimum absolute atomic E-state index is 0.000169. The molecule has 12 heteroatoms. The molecule has 3 N–H and O–H groups in total. The summed E-state index contributed by atoms with van der Waals surface area (Å²) in [6, 6.07) is 34.6. The van der Waals surface area contributed by atoms with Gasteiger partial charge in [-0.05, 0) is 83.9 Å². The van der Waals surface area contributed by atoms with Gasteiger partial charge in [-0.3, -0.25) is 14.4 Å². The molecule has 0 unspecified atom stereocenters. The molecule has 0 atom stereocenters. The van der Waals surface area contributed by atoms with E-state index >= 15 is 0 Å². The van der Waals surface area contributed by atoms with Crippen LogP contribution in [0.4, 0.5) is 24.5 Å². The molecule has 0 heterocycles. The van der Waals surface area contributed by atoms with Gasteiger partial charge in [0.2, 0.25) is 5.91 Å². The zero-order valence-electron chi connectivity index (χ0n) is 26.2. The largest absolute Gasteiger partial charge is 0.489 e. The standard InChI is InChI=1S/C38H29ClF3N3O4S/c39-32-20-13-28(38(40,41)42)22-33(32)44-35(46)24-50-31-18-14-29(15-19-31)43-37(48)34(45-36(47)27-9-5-2-6-10-27)21-25-11-16-30(17-12-25)49-23-26-7-3-1-4-8-26/h1-22H,23-24H2,(H,43,48)(H,44,46)(H,45,47)/b34-21-. The van der Waals surface area contributed by atoms with Gasteiger partial charge in [0, 0.05) is 16.1 Å². The minimum atomic E-state index is -4.58. The SMILES string of the molecule is O=C(CSc1ccc(NC(=O)/C(=C/c2ccc(OCc3ccccc3)cc2)NC(=O)c2ccccc2)cc1)Nc1cc(C(F)(F)F)ccc1Cl. The average Bonchev–Trinajstić information content (AvgIpc) is 3.12. The molecule has 0 bridgehead atoms. The van der Waals surface area contributed by atoms with Gasteiger partial charge in [-0.15, -0.1) is 11.8 Å². The van der Waals surface area contributed by atoms with E-state index in [1.807, 2.05) is 30.3 Å². The number of anilines is 2. The van der Waals surface area contributed by atoms with E-state index in [4.69, 9.17) is 16.3 Å². The molecule has 0 saturated heterocycles. The first kappa shape index (κ1) is 35.8. The normalized spacial score (nSPS) is 11.4. The molecular formula is C38H29ClF3N3O4S. The van der Waals surface area contributed by atoms with Crippen LogP contribution in [0.2, 0.25) is 5.02 Å². The molecule has 5 aromatic carbocycles. The predicted molar refractivity (Wildman–Crippen MR) is 190 cm³/mol. The predicted octanol–water partition coefficient (Wildman–Crippen LogP) is 9.08. The summed E-state index contributed by atoms with van der Waals surface area (Å²) in [6.07, 6.45) is -3.03. The fourth-order valence-electron chi connectivity index (χ4n) is 4.48. The van der Waals surface area contributed by atoms with Gasteiger partial charge in [-0.2, -0.15) is 13.2 Å². The number of benzene rings is 5. The summed E-state index contributed by atoms with van der Waals surface area (Å²) in [7, 11) is 0. The van der Waals surface area contributed by atoms with Crippen LogP contribution >= 0.6 is 23.4 Å². The Morgan fingerprint density at radius 3 is 2.10 bits per heavy atom. The number of hydrogen-bond donors (Lipinski definition) is 3. The van der Waals surface area contributed by atoms with Crippen molar-refractivity contribution in [2.75, 3.05) is 16.4 Å². The first-order valence-electron chi connectivity index (χ1n) is 15.1. The number of carbonyl (C=O) groups is 3. The summed E-state index contributed by atoms with van der Waals surface area (Å²) < 4.78 is 45.0. The quantitative estimate of drug-likeness (QED) is 0.0885. The number of thioether (sulfide) groups is 1. The number of hydrogen-bond acceptors (Lipinski definition) is 5. The summed E-state index contributed by atoms with van der Waals surface area (Å²) in [4.78, 5) is 39.6. The molecule has 0 saturated carbocycles. The highest BCUT2D eigenvalue weighted by Gasteiger charge is 2.31. The molecule has 50 heavy (non-hydrogen) atoms. The number of rotatable bonds is 12. The van der Waals surface area contributed by atoms with Gasteiger partial charge in [0.05, 0.1) is 22.0 Å². The maximum absolute atomic E-state index is 13.4. The van der Waals surface area contributed by atoms with Crippen LogP contribution in [-0.4, -0.2) is 23.5 Å². The second-order valence-electron chi connectivity index (χ2n) is 10.7. The number of ether oxygens (including phenoxy) is 1. The minimum Gasteiger partial charge on any atom is -0.489 e. The zero-order chi connectivity index (χ0) is 35.5. The summed E-state index contributed by atoms with van der Waals surface area (Å²) >= 11 is 7.11. The lowest BCUT2D eigenvalue weighted by molar-refractivity contribution is -0.137. The van der Waals surface area contributed by atoms with Crippen LogP contribution in [0.3, 0.4) is 0 Å². The Hall–Kier alpha value is -5.52. The Kier molecular flexibility index (Phi) is 12.0. The van der Waals surface area contributed by atoms with E-state index in [1.54, 1.807) is 84.9 Å². The molecule has 0 aliphatic heterocycles. The Labute approximate surface area is 295 Å². The van der Waals surface area contributed by atoms with Crippen LogP contribution in [0.15, 0.2) is 138 Å². The molecule has 0 radical (unpaired) electrons. The van der Waals surface area contributed by atoms with Crippen LogP contribution in [0.5, 0.6) is 5.75 Å². The third kappa shape index (κ3) is 10.5. The fourth-order valence-corrected chi connectivity index (χ4v) is 5.34. The van der Waals surface area contributed by atoms with Crippen molar-refractivity contribution in [3.63, 3.8) is 0 Å². The average molecular weight is 716 g/mol. The molecule has 3 amide bonds. The van der Waals surface area contributed by atoms with Crippen molar-refractivity contribution in [3.8, 4) is 5.75 Å². The summed E-state index contributed by atoms with van der Waals surface area (Å²) in [5, 5.41) is 7.87. The number of amides is 3. The van der Waals surface area contributed by atoms with Crippen molar-refractivity contribution < 1.29 is 32.3 Å². The Morgan fingerprint density at radius 1 is 0.780 bits per heavy atom. The number of carbonyl (C=O) groups excluding carboxylic acids is 3. The van der Waals surface area contributed by atoms with Crippen molar-refractivity contribution in [1.82, 2.24) is 5.32 Å². The highest BCUT2D eigenvalue weighted by Crippen LogP contribution is 2.34. The lowest BCUT2D eigenvalue weighted by atomic mass is 10.1. The van der Waals surface area contributed by atoms with Crippen LogP contribution in [-0.2, 0) is 22.4 Å². The van der Waals surface area contributed by atoms with E-state index in [0.29, 0.717) is 34.1 Å². The number of halogens is 4. The van der Waals surface area contributed by atoms with Crippen LogP contribution in [0.25, 0.3) is 6.08 Å². The highest BCUT2D eigenvalue weighted by molar-refractivity contribution is 8.00. The van der Waals surface area contributed by atoms with Gasteiger partial charge in [0.1, 0.15) is 18.1 Å². The van der Waals surface area contributed by atoms with E-state index in [-0.39, 0.29) is 22.2 Å². The van der Waals surface area contributed by atoms with Gasteiger partial charge < -0.3 is 20.7 Å². The zero-order valence-corrected chi connectivity index (χ0v) is 27.7. The van der Waals surface area contributed by atoms with Crippen molar-refractivity contribution in [3.05, 3.63) is 160 Å². The molecule has 0 fully saturated rings. The third-order valence-corrected chi connectivity index (χ3v) is 8.36. The van der Waals surface area contributed by atoms with Gasteiger partial charge in [-0.1, -0.05) is 72.3 Å². The molecule has 7 nitrogen and oxygen atoms in total. The third-order valence-electron chi connectivity index (χ3n) is 7.02. The number of nitrogens with one attached hydrogen (secondary N) is 3. The maximum atomic E-state index is 13.4. The maximum Gasteiger partial charge on any atom is 0.416 e.